The van der Waals surface area contributed by atoms with Gasteiger partial charge in [-0.1, -0.05) is 6.07 Å². The summed E-state index contributed by atoms with van der Waals surface area (Å²) in [7, 11) is -3.39. The predicted molar refractivity (Wildman–Crippen MR) is 78.9 cm³/mol. The van der Waals surface area contributed by atoms with Gasteiger partial charge in [-0.25, -0.2) is 8.42 Å². The maximum absolute atomic E-state index is 12.4. The van der Waals surface area contributed by atoms with Crippen LogP contribution in [0.5, 0.6) is 5.88 Å². The molecule has 3 heterocycles. The van der Waals surface area contributed by atoms with Crippen molar-refractivity contribution in [3.63, 3.8) is 0 Å². The van der Waals surface area contributed by atoms with Gasteiger partial charge in [0.1, 0.15) is 10.3 Å². The fourth-order valence-electron chi connectivity index (χ4n) is 2.17. The highest BCUT2D eigenvalue weighted by Gasteiger charge is 2.34. The van der Waals surface area contributed by atoms with Crippen LogP contribution in [0.15, 0.2) is 33.9 Å². The Morgan fingerprint density at radius 2 is 2.19 bits per heavy atom. The summed E-state index contributed by atoms with van der Waals surface area (Å²) in [4.78, 5) is 0. The second-order valence-corrected chi connectivity index (χ2v) is 7.95. The van der Waals surface area contributed by atoms with E-state index < -0.39 is 10.0 Å². The fraction of sp³-hybridized carbons (Fsp3) is 0.385. The standard InChI is InChI=1S/C13H15N3O3S2/c1-10-4-5-12(15-14-10)19-11-6-7-16(9-11)21(17,18)13-3-2-8-20-13/h2-5,8,11H,6-7,9H2,1H3/t11-/m0/s1. The maximum Gasteiger partial charge on any atom is 0.252 e. The highest BCUT2D eigenvalue weighted by Crippen LogP contribution is 2.25. The minimum Gasteiger partial charge on any atom is -0.472 e. The molecule has 0 radical (unpaired) electrons. The Kier molecular flexibility index (Phi) is 3.92. The number of rotatable bonds is 4. The molecule has 0 bridgehead atoms. The third-order valence-electron chi connectivity index (χ3n) is 3.26. The van der Waals surface area contributed by atoms with Crippen molar-refractivity contribution in [1.29, 1.82) is 0 Å². The molecule has 1 fully saturated rings. The Bertz CT molecular complexity index is 699. The minimum atomic E-state index is -3.39. The topological polar surface area (TPSA) is 72.4 Å². The number of aromatic nitrogens is 2. The molecule has 0 unspecified atom stereocenters. The zero-order chi connectivity index (χ0) is 14.9. The Labute approximate surface area is 127 Å². The van der Waals surface area contributed by atoms with E-state index in [4.69, 9.17) is 4.74 Å². The van der Waals surface area contributed by atoms with E-state index in [-0.39, 0.29) is 6.10 Å². The molecular formula is C13H15N3O3S2. The lowest BCUT2D eigenvalue weighted by atomic mass is 10.3. The van der Waals surface area contributed by atoms with E-state index in [1.165, 1.54) is 15.6 Å². The van der Waals surface area contributed by atoms with Crippen LogP contribution in [0.4, 0.5) is 0 Å². The van der Waals surface area contributed by atoms with Gasteiger partial charge in [0.25, 0.3) is 10.0 Å². The van der Waals surface area contributed by atoms with Crippen molar-refractivity contribution >= 4 is 21.4 Å². The van der Waals surface area contributed by atoms with Crippen LogP contribution in [0.25, 0.3) is 0 Å². The molecule has 6 nitrogen and oxygen atoms in total. The molecule has 2 aromatic rings. The molecule has 21 heavy (non-hydrogen) atoms. The number of hydrogen-bond donors (Lipinski definition) is 0. The van der Waals surface area contributed by atoms with Gasteiger partial charge in [-0.2, -0.15) is 9.40 Å². The summed E-state index contributed by atoms with van der Waals surface area (Å²) in [5.41, 5.74) is 0.815. The molecule has 1 saturated heterocycles. The van der Waals surface area contributed by atoms with Gasteiger partial charge >= 0.3 is 0 Å². The molecule has 2 aromatic heterocycles. The van der Waals surface area contributed by atoms with Gasteiger partial charge < -0.3 is 4.74 Å². The van der Waals surface area contributed by atoms with E-state index in [9.17, 15) is 8.42 Å². The molecule has 1 atom stereocenters. The Morgan fingerprint density at radius 3 is 2.86 bits per heavy atom. The minimum absolute atomic E-state index is 0.184. The Morgan fingerprint density at radius 1 is 1.33 bits per heavy atom. The Balaban J connectivity index is 1.67. The van der Waals surface area contributed by atoms with Gasteiger partial charge in [0.2, 0.25) is 5.88 Å². The zero-order valence-corrected chi connectivity index (χ0v) is 13.1. The first-order valence-electron chi connectivity index (χ1n) is 6.56. The zero-order valence-electron chi connectivity index (χ0n) is 11.5. The molecule has 0 aliphatic carbocycles. The van der Waals surface area contributed by atoms with Crippen molar-refractivity contribution in [2.75, 3.05) is 13.1 Å². The number of nitrogens with zero attached hydrogens (tertiary/aromatic N) is 3. The van der Waals surface area contributed by atoms with Crippen molar-refractivity contribution in [2.45, 2.75) is 23.7 Å². The first-order valence-corrected chi connectivity index (χ1v) is 8.88. The van der Waals surface area contributed by atoms with Crippen molar-refractivity contribution < 1.29 is 13.2 Å². The smallest absolute Gasteiger partial charge is 0.252 e. The SMILES string of the molecule is Cc1ccc(O[C@H]2CCN(S(=O)(=O)c3cccs3)C2)nn1. The number of thiophene rings is 1. The summed E-state index contributed by atoms with van der Waals surface area (Å²) in [5.74, 6) is 0.431. The summed E-state index contributed by atoms with van der Waals surface area (Å²) >= 11 is 1.23. The first kappa shape index (κ1) is 14.4. The third-order valence-corrected chi connectivity index (χ3v) is 6.50. The van der Waals surface area contributed by atoms with Gasteiger partial charge in [-0.05, 0) is 30.9 Å². The van der Waals surface area contributed by atoms with Crippen LogP contribution in [-0.4, -0.2) is 42.1 Å². The molecule has 1 aliphatic rings. The lowest BCUT2D eigenvalue weighted by Crippen LogP contribution is -2.30. The van der Waals surface area contributed by atoms with Gasteiger partial charge in [-0.3, -0.25) is 0 Å². The molecule has 1 aliphatic heterocycles. The monoisotopic (exact) mass is 325 g/mol. The van der Waals surface area contributed by atoms with Crippen molar-refractivity contribution in [1.82, 2.24) is 14.5 Å². The molecular weight excluding hydrogens is 310 g/mol. The van der Waals surface area contributed by atoms with E-state index in [0.29, 0.717) is 29.6 Å². The maximum atomic E-state index is 12.4. The van der Waals surface area contributed by atoms with Crippen LogP contribution in [0, 0.1) is 6.92 Å². The normalized spacial score (nSPS) is 19.8. The van der Waals surface area contributed by atoms with Crippen LogP contribution in [-0.2, 0) is 10.0 Å². The first-order chi connectivity index (χ1) is 10.1. The van der Waals surface area contributed by atoms with Crippen molar-refractivity contribution in [2.24, 2.45) is 0 Å². The second kappa shape index (κ2) is 5.70. The van der Waals surface area contributed by atoms with Gasteiger partial charge in [0, 0.05) is 12.6 Å². The lowest BCUT2D eigenvalue weighted by Gasteiger charge is -2.15. The van der Waals surface area contributed by atoms with E-state index in [0.717, 1.165) is 5.69 Å². The second-order valence-electron chi connectivity index (χ2n) is 4.84. The lowest BCUT2D eigenvalue weighted by molar-refractivity contribution is 0.204. The molecule has 0 spiro atoms. The molecule has 112 valence electrons. The average molecular weight is 325 g/mol. The number of aryl methyl sites for hydroxylation is 1. The van der Waals surface area contributed by atoms with Crippen molar-refractivity contribution in [3.05, 3.63) is 35.3 Å². The van der Waals surface area contributed by atoms with Crippen LogP contribution in [0.2, 0.25) is 0 Å². The van der Waals surface area contributed by atoms with Crippen molar-refractivity contribution in [3.8, 4) is 5.88 Å². The van der Waals surface area contributed by atoms with Gasteiger partial charge in [-0.15, -0.1) is 16.4 Å². The molecule has 0 aromatic carbocycles. The molecule has 3 rings (SSSR count). The van der Waals surface area contributed by atoms with Crippen LogP contribution in [0.1, 0.15) is 12.1 Å². The summed E-state index contributed by atoms with van der Waals surface area (Å²) in [6.45, 7) is 2.65. The number of hydrogen-bond acceptors (Lipinski definition) is 6. The van der Waals surface area contributed by atoms with Gasteiger partial charge in [0.15, 0.2) is 0 Å². The van der Waals surface area contributed by atoms with Crippen LogP contribution < -0.4 is 4.74 Å². The quantitative estimate of drug-likeness (QED) is 0.855. The van der Waals surface area contributed by atoms with E-state index in [1.54, 1.807) is 23.6 Å². The van der Waals surface area contributed by atoms with Crippen LogP contribution in [0.3, 0.4) is 0 Å². The number of sulfonamides is 1. The summed E-state index contributed by atoms with van der Waals surface area (Å²) in [5, 5.41) is 9.63. The van der Waals surface area contributed by atoms with E-state index in [2.05, 4.69) is 10.2 Å². The molecule has 0 amide bonds. The largest absolute Gasteiger partial charge is 0.472 e. The van der Waals surface area contributed by atoms with Gasteiger partial charge in [0.05, 0.1) is 12.2 Å². The molecule has 0 N–H and O–H groups in total. The fourth-order valence-corrected chi connectivity index (χ4v) is 4.80. The Hall–Kier alpha value is -1.51. The van der Waals surface area contributed by atoms with E-state index in [1.807, 2.05) is 13.0 Å². The summed E-state index contributed by atoms with van der Waals surface area (Å²) in [6, 6.07) is 6.93. The average Bonchev–Trinajstić information content (AvgIpc) is 3.12. The predicted octanol–water partition coefficient (Wildman–Crippen LogP) is 1.69. The van der Waals surface area contributed by atoms with E-state index >= 15 is 0 Å². The highest BCUT2D eigenvalue weighted by molar-refractivity contribution is 7.91. The summed E-state index contributed by atoms with van der Waals surface area (Å²) < 4.78 is 32.3. The molecule has 8 heteroatoms. The summed E-state index contributed by atoms with van der Waals surface area (Å²) in [6.07, 6.45) is 0.469. The molecule has 0 saturated carbocycles. The van der Waals surface area contributed by atoms with Crippen LogP contribution >= 0.6 is 11.3 Å². The third kappa shape index (κ3) is 3.07. The highest BCUT2D eigenvalue weighted by atomic mass is 32.2. The number of ether oxygens (including phenoxy) is 1.